The van der Waals surface area contributed by atoms with Crippen LogP contribution in [0.25, 0.3) is 0 Å². The standard InChI is InChI=1S/C12H23NO/c1-2-5-12-6-3-8-13(10-7-12)9-4-11-14/h11-12H,2-10H2,1H3. The van der Waals surface area contributed by atoms with Gasteiger partial charge in [0.2, 0.25) is 0 Å². The van der Waals surface area contributed by atoms with Crippen molar-refractivity contribution in [3.63, 3.8) is 0 Å². The molecule has 0 aromatic carbocycles. The van der Waals surface area contributed by atoms with Gasteiger partial charge >= 0.3 is 0 Å². The van der Waals surface area contributed by atoms with E-state index in [1.54, 1.807) is 0 Å². The first kappa shape index (κ1) is 11.7. The monoisotopic (exact) mass is 197 g/mol. The molecule has 1 atom stereocenters. The largest absolute Gasteiger partial charge is 0.303 e. The van der Waals surface area contributed by atoms with Crippen LogP contribution in [0, 0.1) is 5.92 Å². The van der Waals surface area contributed by atoms with E-state index in [1.165, 1.54) is 45.2 Å². The van der Waals surface area contributed by atoms with E-state index >= 15 is 0 Å². The number of rotatable bonds is 5. The summed E-state index contributed by atoms with van der Waals surface area (Å²) in [5.74, 6) is 0.946. The highest BCUT2D eigenvalue weighted by Crippen LogP contribution is 2.21. The first-order valence-corrected chi connectivity index (χ1v) is 6.02. The lowest BCUT2D eigenvalue weighted by Crippen LogP contribution is -2.26. The molecule has 0 amide bonds. The van der Waals surface area contributed by atoms with Crippen molar-refractivity contribution in [2.75, 3.05) is 19.6 Å². The van der Waals surface area contributed by atoms with Crippen LogP contribution in [0.3, 0.4) is 0 Å². The normalized spacial score (nSPS) is 24.5. The van der Waals surface area contributed by atoms with Crippen molar-refractivity contribution in [1.29, 1.82) is 0 Å². The average Bonchev–Trinajstić information content (AvgIpc) is 2.41. The molecule has 0 bridgehead atoms. The van der Waals surface area contributed by atoms with Gasteiger partial charge in [-0.2, -0.15) is 0 Å². The minimum atomic E-state index is 0.707. The van der Waals surface area contributed by atoms with Gasteiger partial charge in [0.15, 0.2) is 0 Å². The number of likely N-dealkylation sites (tertiary alicyclic amines) is 1. The highest BCUT2D eigenvalue weighted by atomic mass is 16.1. The van der Waals surface area contributed by atoms with E-state index in [1.807, 2.05) is 0 Å². The van der Waals surface area contributed by atoms with Crippen LogP contribution in [0.1, 0.15) is 45.4 Å². The number of carbonyl (C=O) groups is 1. The van der Waals surface area contributed by atoms with Crippen molar-refractivity contribution in [2.24, 2.45) is 5.92 Å². The summed E-state index contributed by atoms with van der Waals surface area (Å²) in [7, 11) is 0. The smallest absolute Gasteiger partial charge is 0.121 e. The quantitative estimate of drug-likeness (QED) is 0.631. The van der Waals surface area contributed by atoms with Gasteiger partial charge in [-0.3, -0.25) is 0 Å². The van der Waals surface area contributed by atoms with E-state index in [9.17, 15) is 4.79 Å². The minimum absolute atomic E-state index is 0.707. The Labute approximate surface area is 87.7 Å². The molecule has 0 saturated carbocycles. The molecule has 1 saturated heterocycles. The Bertz CT molecular complexity index is 158. The first-order chi connectivity index (χ1) is 6.86. The zero-order valence-corrected chi connectivity index (χ0v) is 9.37. The van der Waals surface area contributed by atoms with Crippen molar-refractivity contribution < 1.29 is 4.79 Å². The summed E-state index contributed by atoms with van der Waals surface area (Å²) in [5.41, 5.74) is 0. The molecule has 1 unspecified atom stereocenters. The van der Waals surface area contributed by atoms with Gasteiger partial charge in [-0.25, -0.2) is 0 Å². The maximum atomic E-state index is 10.3. The molecule has 1 aliphatic rings. The molecule has 1 rings (SSSR count). The fraction of sp³-hybridized carbons (Fsp3) is 0.917. The van der Waals surface area contributed by atoms with E-state index in [0.29, 0.717) is 6.42 Å². The van der Waals surface area contributed by atoms with Crippen molar-refractivity contribution in [3.05, 3.63) is 0 Å². The van der Waals surface area contributed by atoms with E-state index in [2.05, 4.69) is 11.8 Å². The summed E-state index contributed by atoms with van der Waals surface area (Å²) in [5, 5.41) is 0. The molecule has 1 aliphatic heterocycles. The Kier molecular flexibility index (Phi) is 5.85. The minimum Gasteiger partial charge on any atom is -0.303 e. The lowest BCUT2D eigenvalue weighted by molar-refractivity contribution is -0.108. The van der Waals surface area contributed by atoms with Crippen molar-refractivity contribution in [1.82, 2.24) is 4.90 Å². The molecule has 0 N–H and O–H groups in total. The number of hydrogen-bond donors (Lipinski definition) is 0. The van der Waals surface area contributed by atoms with Crippen LogP contribution in [0.15, 0.2) is 0 Å². The Hall–Kier alpha value is -0.370. The molecule has 82 valence electrons. The maximum absolute atomic E-state index is 10.3. The van der Waals surface area contributed by atoms with E-state index in [0.717, 1.165) is 18.7 Å². The van der Waals surface area contributed by atoms with Gasteiger partial charge in [-0.1, -0.05) is 19.8 Å². The topological polar surface area (TPSA) is 20.3 Å². The van der Waals surface area contributed by atoms with Crippen LogP contribution in [-0.4, -0.2) is 30.8 Å². The molecule has 1 fully saturated rings. The average molecular weight is 197 g/mol. The molecule has 0 aromatic rings. The highest BCUT2D eigenvalue weighted by Gasteiger charge is 2.15. The molecule has 2 nitrogen and oxygen atoms in total. The molecule has 2 heteroatoms. The fourth-order valence-corrected chi connectivity index (χ4v) is 2.38. The van der Waals surface area contributed by atoms with Crippen LogP contribution in [0.2, 0.25) is 0 Å². The Balaban J connectivity index is 2.22. The number of carbonyl (C=O) groups excluding carboxylic acids is 1. The summed E-state index contributed by atoms with van der Waals surface area (Å²) in [4.78, 5) is 12.7. The Morgan fingerprint density at radius 1 is 1.36 bits per heavy atom. The lowest BCUT2D eigenvalue weighted by Gasteiger charge is -2.18. The maximum Gasteiger partial charge on any atom is 0.121 e. The molecule has 0 aliphatic carbocycles. The van der Waals surface area contributed by atoms with Gasteiger partial charge in [0.05, 0.1) is 0 Å². The van der Waals surface area contributed by atoms with Crippen molar-refractivity contribution in [2.45, 2.75) is 45.4 Å². The van der Waals surface area contributed by atoms with Crippen LogP contribution in [0.4, 0.5) is 0 Å². The summed E-state index contributed by atoms with van der Waals surface area (Å²) < 4.78 is 0. The SMILES string of the molecule is CCCC1CCCN(CCC=O)CC1. The van der Waals surface area contributed by atoms with Crippen LogP contribution in [-0.2, 0) is 4.79 Å². The Morgan fingerprint density at radius 3 is 2.93 bits per heavy atom. The van der Waals surface area contributed by atoms with Gasteiger partial charge in [0, 0.05) is 13.0 Å². The first-order valence-electron chi connectivity index (χ1n) is 6.02. The third-order valence-electron chi connectivity index (χ3n) is 3.20. The van der Waals surface area contributed by atoms with Crippen LogP contribution >= 0.6 is 0 Å². The molecular formula is C12H23NO. The van der Waals surface area contributed by atoms with Crippen molar-refractivity contribution >= 4 is 6.29 Å². The molecule has 0 aromatic heterocycles. The fourth-order valence-electron chi connectivity index (χ4n) is 2.38. The summed E-state index contributed by atoms with van der Waals surface area (Å²) in [6.45, 7) is 5.66. The zero-order valence-electron chi connectivity index (χ0n) is 9.37. The second kappa shape index (κ2) is 6.99. The van der Waals surface area contributed by atoms with Crippen LogP contribution in [0.5, 0.6) is 0 Å². The zero-order chi connectivity index (χ0) is 10.2. The third kappa shape index (κ3) is 4.23. The van der Waals surface area contributed by atoms with E-state index in [4.69, 9.17) is 0 Å². The predicted molar refractivity (Wildman–Crippen MR) is 59.4 cm³/mol. The van der Waals surface area contributed by atoms with Crippen LogP contribution < -0.4 is 0 Å². The molecule has 14 heavy (non-hydrogen) atoms. The second-order valence-electron chi connectivity index (χ2n) is 4.38. The predicted octanol–water partition coefficient (Wildman–Crippen LogP) is 2.48. The molecule has 0 radical (unpaired) electrons. The van der Waals surface area contributed by atoms with Gasteiger partial charge in [-0.05, 0) is 38.3 Å². The number of hydrogen-bond acceptors (Lipinski definition) is 2. The molecule has 1 heterocycles. The van der Waals surface area contributed by atoms with Gasteiger partial charge in [0.25, 0.3) is 0 Å². The van der Waals surface area contributed by atoms with Crippen molar-refractivity contribution in [3.8, 4) is 0 Å². The Morgan fingerprint density at radius 2 is 2.21 bits per heavy atom. The molecular weight excluding hydrogens is 174 g/mol. The number of aldehydes is 1. The van der Waals surface area contributed by atoms with Gasteiger partial charge in [-0.15, -0.1) is 0 Å². The van der Waals surface area contributed by atoms with E-state index < -0.39 is 0 Å². The summed E-state index contributed by atoms with van der Waals surface area (Å²) in [6.07, 6.45) is 8.51. The molecule has 0 spiro atoms. The summed E-state index contributed by atoms with van der Waals surface area (Å²) in [6, 6.07) is 0. The van der Waals surface area contributed by atoms with Gasteiger partial charge < -0.3 is 9.69 Å². The lowest BCUT2D eigenvalue weighted by atomic mass is 9.96. The van der Waals surface area contributed by atoms with E-state index in [-0.39, 0.29) is 0 Å². The summed E-state index contributed by atoms with van der Waals surface area (Å²) >= 11 is 0. The third-order valence-corrected chi connectivity index (χ3v) is 3.20. The van der Waals surface area contributed by atoms with Gasteiger partial charge in [0.1, 0.15) is 6.29 Å². The number of nitrogens with zero attached hydrogens (tertiary/aromatic N) is 1. The highest BCUT2D eigenvalue weighted by molar-refractivity contribution is 5.49. The second-order valence-corrected chi connectivity index (χ2v) is 4.38.